The Hall–Kier alpha value is -3.93. The number of hydrogen-bond donors (Lipinski definition) is 2. The van der Waals surface area contributed by atoms with Gasteiger partial charge in [0.25, 0.3) is 5.91 Å². The minimum atomic E-state index is -0.531. The van der Waals surface area contributed by atoms with Crippen LogP contribution in [0.5, 0.6) is 0 Å². The van der Waals surface area contributed by atoms with Crippen molar-refractivity contribution < 1.29 is 9.18 Å². The summed E-state index contributed by atoms with van der Waals surface area (Å²) in [4.78, 5) is 19.9. The Bertz CT molecular complexity index is 1620. The zero-order valence-electron chi connectivity index (χ0n) is 17.4. The minimum Gasteiger partial charge on any atom is -0.360 e. The average molecular weight is 493 g/mol. The lowest BCUT2D eigenvalue weighted by atomic mass is 10.1. The number of nitriles is 1. The molecule has 3 aromatic heterocycles. The third kappa shape index (κ3) is 4.19. The van der Waals surface area contributed by atoms with Crippen molar-refractivity contribution in [2.75, 3.05) is 0 Å². The Balaban J connectivity index is 1.35. The van der Waals surface area contributed by atoms with Crippen molar-refractivity contribution in [1.29, 1.82) is 5.26 Å². The number of fused-ring (bicyclic) bond motifs is 2. The molecule has 7 nitrogen and oxygen atoms in total. The molecular weight excluding hydrogens is 478 g/mol. The van der Waals surface area contributed by atoms with E-state index in [0.29, 0.717) is 27.5 Å². The zero-order chi connectivity index (χ0) is 23.8. The van der Waals surface area contributed by atoms with E-state index in [9.17, 15) is 14.4 Å². The minimum absolute atomic E-state index is 0.0207. The third-order valence-corrected chi connectivity index (χ3v) is 5.93. The van der Waals surface area contributed by atoms with Crippen LogP contribution in [0.15, 0.2) is 55.0 Å². The smallest absolute Gasteiger partial charge is 0.256 e. The van der Waals surface area contributed by atoms with Crippen LogP contribution in [-0.2, 0) is 13.1 Å². The number of amides is 1. The number of hydrogen-bond acceptors (Lipinski definition) is 4. The van der Waals surface area contributed by atoms with Gasteiger partial charge in [0.15, 0.2) is 5.69 Å². The summed E-state index contributed by atoms with van der Waals surface area (Å²) in [6, 6.07) is 12.3. The van der Waals surface area contributed by atoms with Crippen molar-refractivity contribution in [3.63, 3.8) is 0 Å². The maximum atomic E-state index is 14.4. The molecule has 168 valence electrons. The highest BCUT2D eigenvalue weighted by atomic mass is 35.5. The summed E-state index contributed by atoms with van der Waals surface area (Å²) >= 11 is 12.1. The Morgan fingerprint density at radius 2 is 2.09 bits per heavy atom. The molecule has 34 heavy (non-hydrogen) atoms. The highest BCUT2D eigenvalue weighted by molar-refractivity contribution is 6.35. The van der Waals surface area contributed by atoms with E-state index < -0.39 is 11.7 Å². The summed E-state index contributed by atoms with van der Waals surface area (Å²) in [5.41, 5.74) is 2.63. The number of rotatable bonds is 5. The second kappa shape index (κ2) is 8.78. The molecular formula is C24H15Cl2FN6O. The fourth-order valence-corrected chi connectivity index (χ4v) is 4.13. The lowest BCUT2D eigenvalue weighted by Crippen LogP contribution is -2.23. The molecule has 0 saturated carbocycles. The molecule has 0 aliphatic rings. The number of halogens is 3. The molecule has 0 aliphatic heterocycles. The van der Waals surface area contributed by atoms with Gasteiger partial charge in [-0.1, -0.05) is 29.3 Å². The second-order valence-corrected chi connectivity index (χ2v) is 8.53. The summed E-state index contributed by atoms with van der Waals surface area (Å²) in [7, 11) is 0. The molecule has 0 saturated heterocycles. The van der Waals surface area contributed by atoms with Crippen LogP contribution in [-0.4, -0.2) is 25.7 Å². The lowest BCUT2D eigenvalue weighted by molar-refractivity contribution is 0.0950. The number of nitrogens with zero attached hydrogens (tertiary/aromatic N) is 4. The van der Waals surface area contributed by atoms with E-state index in [1.807, 2.05) is 30.3 Å². The maximum Gasteiger partial charge on any atom is 0.256 e. The molecule has 0 fully saturated rings. The molecule has 0 radical (unpaired) electrons. The van der Waals surface area contributed by atoms with Gasteiger partial charge < -0.3 is 10.3 Å². The number of pyridine rings is 1. The van der Waals surface area contributed by atoms with Crippen LogP contribution in [0.2, 0.25) is 10.0 Å². The fourth-order valence-electron chi connectivity index (χ4n) is 3.75. The number of H-pyrrole nitrogens is 1. The highest BCUT2D eigenvalue weighted by Gasteiger charge is 2.18. The predicted molar refractivity (Wildman–Crippen MR) is 127 cm³/mol. The van der Waals surface area contributed by atoms with Crippen molar-refractivity contribution in [1.82, 2.24) is 25.1 Å². The van der Waals surface area contributed by atoms with Crippen molar-refractivity contribution in [3.8, 4) is 6.07 Å². The molecule has 0 aliphatic carbocycles. The average Bonchev–Trinajstić information content (AvgIpc) is 3.40. The molecule has 5 aromatic rings. The SMILES string of the molecule is N#Cc1nn(Cc2ccc3ncc(Cl)cc3c2)cc1C(=O)NCc1cc2c(Cl)c[nH]c2cc1F. The summed E-state index contributed by atoms with van der Waals surface area (Å²) in [5.74, 6) is -1.01. The van der Waals surface area contributed by atoms with Crippen LogP contribution in [0.3, 0.4) is 0 Å². The first-order valence-electron chi connectivity index (χ1n) is 10.2. The van der Waals surface area contributed by atoms with E-state index in [2.05, 4.69) is 20.4 Å². The van der Waals surface area contributed by atoms with E-state index in [1.54, 1.807) is 18.5 Å². The summed E-state index contributed by atoms with van der Waals surface area (Å²) in [5, 5.41) is 18.9. The Labute approximate surface area is 202 Å². The Morgan fingerprint density at radius 3 is 2.91 bits per heavy atom. The van der Waals surface area contributed by atoms with Gasteiger partial charge >= 0.3 is 0 Å². The van der Waals surface area contributed by atoms with E-state index in [1.165, 1.54) is 16.9 Å². The Morgan fingerprint density at radius 1 is 1.24 bits per heavy atom. The molecule has 0 unspecified atom stereocenters. The molecule has 3 heterocycles. The third-order valence-electron chi connectivity index (χ3n) is 5.41. The molecule has 2 N–H and O–H groups in total. The molecule has 1 amide bonds. The quantitative estimate of drug-likeness (QED) is 0.351. The van der Waals surface area contributed by atoms with Gasteiger partial charge in [0.1, 0.15) is 11.9 Å². The van der Waals surface area contributed by atoms with Crippen LogP contribution in [0.4, 0.5) is 4.39 Å². The zero-order valence-corrected chi connectivity index (χ0v) is 19.0. The number of carbonyl (C=O) groups excluding carboxylic acids is 1. The van der Waals surface area contributed by atoms with Gasteiger partial charge in [0.2, 0.25) is 0 Å². The number of carbonyl (C=O) groups is 1. The summed E-state index contributed by atoms with van der Waals surface area (Å²) < 4.78 is 15.9. The number of aromatic amines is 1. The van der Waals surface area contributed by atoms with Crippen LogP contribution in [0, 0.1) is 17.1 Å². The van der Waals surface area contributed by atoms with E-state index in [4.69, 9.17) is 23.2 Å². The van der Waals surface area contributed by atoms with Gasteiger partial charge in [0, 0.05) is 47.0 Å². The first-order valence-corrected chi connectivity index (χ1v) is 10.9. The van der Waals surface area contributed by atoms with Crippen LogP contribution >= 0.6 is 23.2 Å². The fraction of sp³-hybridized carbons (Fsp3) is 0.0833. The first-order chi connectivity index (χ1) is 16.4. The van der Waals surface area contributed by atoms with E-state index >= 15 is 0 Å². The van der Waals surface area contributed by atoms with Gasteiger partial charge in [-0.25, -0.2) is 4.39 Å². The van der Waals surface area contributed by atoms with Crippen molar-refractivity contribution >= 4 is 50.9 Å². The normalized spacial score (nSPS) is 11.1. The number of nitrogens with one attached hydrogen (secondary N) is 2. The van der Waals surface area contributed by atoms with Gasteiger partial charge in [-0.3, -0.25) is 14.5 Å². The van der Waals surface area contributed by atoms with E-state index in [-0.39, 0.29) is 23.4 Å². The van der Waals surface area contributed by atoms with Gasteiger partial charge in [-0.2, -0.15) is 10.4 Å². The summed E-state index contributed by atoms with van der Waals surface area (Å²) in [6.45, 7) is 0.262. The van der Waals surface area contributed by atoms with Crippen molar-refractivity contribution in [2.45, 2.75) is 13.1 Å². The molecule has 2 aromatic carbocycles. The first kappa shape index (κ1) is 21.9. The van der Waals surface area contributed by atoms with Gasteiger partial charge in [0.05, 0.1) is 27.7 Å². The van der Waals surface area contributed by atoms with Gasteiger partial charge in [-0.15, -0.1) is 0 Å². The molecule has 0 bridgehead atoms. The number of benzene rings is 2. The maximum absolute atomic E-state index is 14.4. The lowest BCUT2D eigenvalue weighted by Gasteiger charge is -2.06. The van der Waals surface area contributed by atoms with Crippen molar-refractivity contribution in [3.05, 3.63) is 93.2 Å². The van der Waals surface area contributed by atoms with Gasteiger partial charge in [-0.05, 0) is 35.9 Å². The van der Waals surface area contributed by atoms with E-state index in [0.717, 1.165) is 16.5 Å². The Kier molecular flexibility index (Phi) is 5.65. The standard InChI is InChI=1S/C24H15Cl2FN6O/c25-16-4-14-3-13(1-2-21(14)29-9-16)11-33-12-18(23(7-28)32-33)24(34)31-8-15-5-17-19(26)10-30-22(17)6-20(15)27/h1-6,9-10,12,30H,8,11H2,(H,31,34). The molecule has 5 rings (SSSR count). The molecule has 10 heteroatoms. The number of aromatic nitrogens is 4. The second-order valence-electron chi connectivity index (χ2n) is 7.69. The molecule has 0 atom stereocenters. The van der Waals surface area contributed by atoms with Crippen LogP contribution in [0.25, 0.3) is 21.8 Å². The topological polar surface area (TPSA) is 99.4 Å². The summed E-state index contributed by atoms with van der Waals surface area (Å²) in [6.07, 6.45) is 4.65. The van der Waals surface area contributed by atoms with Crippen LogP contribution < -0.4 is 5.32 Å². The van der Waals surface area contributed by atoms with Crippen molar-refractivity contribution in [2.24, 2.45) is 0 Å². The molecule has 0 spiro atoms. The van der Waals surface area contributed by atoms with Crippen LogP contribution in [0.1, 0.15) is 27.2 Å². The monoisotopic (exact) mass is 492 g/mol. The predicted octanol–water partition coefficient (Wildman–Crippen LogP) is 5.21. The largest absolute Gasteiger partial charge is 0.360 e. The highest BCUT2D eigenvalue weighted by Crippen LogP contribution is 2.26.